The Balaban J connectivity index is 1.90. The average Bonchev–Trinajstić information content (AvgIpc) is 2.45. The summed E-state index contributed by atoms with van der Waals surface area (Å²) in [6.07, 6.45) is 0. The van der Waals surface area contributed by atoms with Crippen molar-refractivity contribution < 1.29 is 13.5 Å². The predicted octanol–water partition coefficient (Wildman–Crippen LogP) is 4.90. The van der Waals surface area contributed by atoms with Crippen LogP contribution in [0.4, 0.5) is 8.78 Å². The summed E-state index contributed by atoms with van der Waals surface area (Å²) in [6.45, 7) is -0.0517. The van der Waals surface area contributed by atoms with Crippen molar-refractivity contribution in [3.05, 3.63) is 64.1 Å². The van der Waals surface area contributed by atoms with Crippen molar-refractivity contribution in [2.24, 2.45) is 0 Å². The quantitative estimate of drug-likeness (QED) is 0.795. The first-order chi connectivity index (χ1) is 10.0. The SMILES string of the molecule is C[C@H](NCc1ccc(OC(F)F)cc1)c1cccc(Br)c1. The molecule has 0 heterocycles. The maximum absolute atomic E-state index is 12.1. The highest BCUT2D eigenvalue weighted by Crippen LogP contribution is 2.19. The number of rotatable bonds is 6. The molecule has 0 saturated carbocycles. The molecule has 0 unspecified atom stereocenters. The molecule has 0 fully saturated rings. The van der Waals surface area contributed by atoms with E-state index in [0.29, 0.717) is 6.54 Å². The Morgan fingerprint density at radius 2 is 1.86 bits per heavy atom. The number of hydrogen-bond acceptors (Lipinski definition) is 2. The topological polar surface area (TPSA) is 21.3 Å². The first kappa shape index (κ1) is 15.9. The highest BCUT2D eigenvalue weighted by Gasteiger charge is 2.06. The van der Waals surface area contributed by atoms with Gasteiger partial charge in [-0.15, -0.1) is 0 Å². The molecule has 0 amide bonds. The maximum atomic E-state index is 12.1. The van der Waals surface area contributed by atoms with Crippen LogP contribution in [0, 0.1) is 0 Å². The number of ether oxygens (including phenoxy) is 1. The zero-order valence-electron chi connectivity index (χ0n) is 11.5. The minimum atomic E-state index is -2.79. The third-order valence-electron chi connectivity index (χ3n) is 3.11. The summed E-state index contributed by atoms with van der Waals surface area (Å²) in [5.74, 6) is 0.175. The van der Waals surface area contributed by atoms with Gasteiger partial charge in [-0.2, -0.15) is 8.78 Å². The molecule has 2 aromatic rings. The van der Waals surface area contributed by atoms with E-state index >= 15 is 0 Å². The summed E-state index contributed by atoms with van der Waals surface area (Å²) >= 11 is 3.45. The Hall–Kier alpha value is -1.46. The summed E-state index contributed by atoms with van der Waals surface area (Å²) in [6, 6.07) is 14.9. The lowest BCUT2D eigenvalue weighted by Gasteiger charge is -2.15. The van der Waals surface area contributed by atoms with Crippen molar-refractivity contribution in [3.8, 4) is 5.75 Å². The molecule has 0 spiro atoms. The van der Waals surface area contributed by atoms with Crippen LogP contribution < -0.4 is 10.1 Å². The molecule has 0 aliphatic heterocycles. The lowest BCUT2D eigenvalue weighted by atomic mass is 10.1. The van der Waals surface area contributed by atoms with Crippen LogP contribution in [-0.2, 0) is 6.54 Å². The van der Waals surface area contributed by atoms with E-state index in [1.54, 1.807) is 24.3 Å². The Morgan fingerprint density at radius 3 is 2.48 bits per heavy atom. The van der Waals surface area contributed by atoms with E-state index in [9.17, 15) is 8.78 Å². The largest absolute Gasteiger partial charge is 0.435 e. The molecule has 2 rings (SSSR count). The first-order valence-electron chi connectivity index (χ1n) is 6.57. The summed E-state index contributed by atoms with van der Waals surface area (Å²) < 4.78 is 29.5. The van der Waals surface area contributed by atoms with Crippen molar-refractivity contribution in [1.29, 1.82) is 0 Å². The molecule has 0 radical (unpaired) electrons. The van der Waals surface area contributed by atoms with Crippen LogP contribution in [0.25, 0.3) is 0 Å². The standard InChI is InChI=1S/C16H16BrF2NO/c1-11(13-3-2-4-14(17)9-13)20-10-12-5-7-15(8-6-12)21-16(18)19/h2-9,11,16,20H,10H2,1H3/t11-/m0/s1. The van der Waals surface area contributed by atoms with Crippen molar-refractivity contribution >= 4 is 15.9 Å². The van der Waals surface area contributed by atoms with Crippen LogP contribution >= 0.6 is 15.9 Å². The van der Waals surface area contributed by atoms with Crippen molar-refractivity contribution in [1.82, 2.24) is 5.32 Å². The molecule has 1 atom stereocenters. The molecule has 0 aliphatic rings. The van der Waals surface area contributed by atoms with E-state index in [-0.39, 0.29) is 11.8 Å². The zero-order chi connectivity index (χ0) is 15.2. The summed E-state index contributed by atoms with van der Waals surface area (Å²) in [4.78, 5) is 0. The van der Waals surface area contributed by atoms with Gasteiger partial charge in [-0.25, -0.2) is 0 Å². The first-order valence-corrected chi connectivity index (χ1v) is 7.36. The third kappa shape index (κ3) is 5.10. The number of halogens is 3. The molecule has 0 saturated heterocycles. The monoisotopic (exact) mass is 355 g/mol. The molecule has 1 N–H and O–H groups in total. The fourth-order valence-electron chi connectivity index (χ4n) is 1.95. The van der Waals surface area contributed by atoms with Crippen LogP contribution in [0.5, 0.6) is 5.75 Å². The molecular formula is C16H16BrF2NO. The Labute approximate surface area is 131 Å². The van der Waals surface area contributed by atoms with Gasteiger partial charge in [-0.05, 0) is 42.3 Å². The molecule has 2 aromatic carbocycles. The Bertz CT molecular complexity index is 575. The molecule has 0 aliphatic carbocycles. The van der Waals surface area contributed by atoms with Crippen LogP contribution in [0.15, 0.2) is 53.0 Å². The van der Waals surface area contributed by atoms with Gasteiger partial charge >= 0.3 is 6.61 Å². The normalized spacial score (nSPS) is 12.4. The minimum Gasteiger partial charge on any atom is -0.435 e. The van der Waals surface area contributed by atoms with E-state index in [2.05, 4.69) is 45.0 Å². The average molecular weight is 356 g/mol. The molecule has 2 nitrogen and oxygen atoms in total. The van der Waals surface area contributed by atoms with E-state index in [0.717, 1.165) is 10.0 Å². The van der Waals surface area contributed by atoms with Crippen LogP contribution in [0.1, 0.15) is 24.1 Å². The van der Waals surface area contributed by atoms with Crippen LogP contribution in [0.2, 0.25) is 0 Å². The van der Waals surface area contributed by atoms with E-state index in [1.807, 2.05) is 12.1 Å². The van der Waals surface area contributed by atoms with Gasteiger partial charge in [0.2, 0.25) is 0 Å². The number of benzene rings is 2. The molecule has 5 heteroatoms. The molecule has 0 aromatic heterocycles. The second kappa shape index (κ2) is 7.52. The summed E-state index contributed by atoms with van der Waals surface area (Å²) in [5.41, 5.74) is 2.19. The lowest BCUT2D eigenvalue weighted by molar-refractivity contribution is -0.0498. The second-order valence-electron chi connectivity index (χ2n) is 4.68. The van der Waals surface area contributed by atoms with E-state index < -0.39 is 6.61 Å². The number of nitrogens with one attached hydrogen (secondary N) is 1. The molecular weight excluding hydrogens is 340 g/mol. The maximum Gasteiger partial charge on any atom is 0.387 e. The molecule has 21 heavy (non-hydrogen) atoms. The van der Waals surface area contributed by atoms with Gasteiger partial charge in [-0.1, -0.05) is 40.2 Å². The summed E-state index contributed by atoms with van der Waals surface area (Å²) in [5, 5.41) is 3.39. The van der Waals surface area contributed by atoms with Gasteiger partial charge in [0, 0.05) is 17.1 Å². The molecule has 112 valence electrons. The second-order valence-corrected chi connectivity index (χ2v) is 5.60. The van der Waals surface area contributed by atoms with Gasteiger partial charge in [0.05, 0.1) is 0 Å². The molecule has 0 bridgehead atoms. The number of hydrogen-bond donors (Lipinski definition) is 1. The van der Waals surface area contributed by atoms with Crippen molar-refractivity contribution in [2.45, 2.75) is 26.1 Å². The lowest BCUT2D eigenvalue weighted by Crippen LogP contribution is -2.18. The van der Waals surface area contributed by atoms with Gasteiger partial charge in [-0.3, -0.25) is 0 Å². The number of alkyl halides is 2. The van der Waals surface area contributed by atoms with Gasteiger partial charge in [0.25, 0.3) is 0 Å². The Morgan fingerprint density at radius 1 is 1.14 bits per heavy atom. The predicted molar refractivity (Wildman–Crippen MR) is 82.5 cm³/mol. The van der Waals surface area contributed by atoms with Gasteiger partial charge in [0.15, 0.2) is 0 Å². The van der Waals surface area contributed by atoms with Crippen molar-refractivity contribution in [3.63, 3.8) is 0 Å². The fourth-order valence-corrected chi connectivity index (χ4v) is 2.37. The van der Waals surface area contributed by atoms with Crippen LogP contribution in [0.3, 0.4) is 0 Å². The van der Waals surface area contributed by atoms with E-state index in [1.165, 1.54) is 5.56 Å². The fraction of sp³-hybridized carbons (Fsp3) is 0.250. The summed E-state index contributed by atoms with van der Waals surface area (Å²) in [7, 11) is 0. The van der Waals surface area contributed by atoms with E-state index in [4.69, 9.17) is 0 Å². The van der Waals surface area contributed by atoms with Crippen molar-refractivity contribution in [2.75, 3.05) is 0 Å². The smallest absolute Gasteiger partial charge is 0.387 e. The Kier molecular flexibility index (Phi) is 5.70. The third-order valence-corrected chi connectivity index (χ3v) is 3.60. The highest BCUT2D eigenvalue weighted by molar-refractivity contribution is 9.10. The van der Waals surface area contributed by atoms with Gasteiger partial charge in [0.1, 0.15) is 5.75 Å². The minimum absolute atomic E-state index is 0.175. The van der Waals surface area contributed by atoms with Crippen LogP contribution in [-0.4, -0.2) is 6.61 Å². The zero-order valence-corrected chi connectivity index (χ0v) is 13.1. The highest BCUT2D eigenvalue weighted by atomic mass is 79.9. The van der Waals surface area contributed by atoms with Gasteiger partial charge < -0.3 is 10.1 Å².